The molecule has 5 saturated carbocycles. The third kappa shape index (κ3) is 2.99. The minimum atomic E-state index is -0.150. The van der Waals surface area contributed by atoms with E-state index >= 15 is 0 Å². The van der Waals surface area contributed by atoms with E-state index in [9.17, 15) is 9.59 Å². The standard InChI is InChI=1S/C31H48O5/c1-18-14-20(15-25(33)34-7)36-21-16-29(6)23-9-8-22-27(3,4)24(35-19(2)32)10-11-30(22)17-31(23,30)13-12-28(29,5)26(18)21/h18,20-24,26H,8-17H2,1-7H3. The molecule has 5 aliphatic carbocycles. The van der Waals surface area contributed by atoms with Crippen LogP contribution in [0.5, 0.6) is 0 Å². The summed E-state index contributed by atoms with van der Waals surface area (Å²) in [5.74, 6) is 2.27. The summed E-state index contributed by atoms with van der Waals surface area (Å²) in [6.07, 6.45) is 11.7. The van der Waals surface area contributed by atoms with Crippen LogP contribution in [0.15, 0.2) is 0 Å². The first kappa shape index (κ1) is 25.2. The van der Waals surface area contributed by atoms with Crippen LogP contribution in [0.2, 0.25) is 0 Å². The molecule has 0 amide bonds. The first-order valence-electron chi connectivity index (χ1n) is 14.7. The van der Waals surface area contributed by atoms with E-state index in [1.807, 2.05) is 0 Å². The van der Waals surface area contributed by atoms with Crippen molar-refractivity contribution in [2.45, 2.75) is 124 Å². The third-order valence-electron chi connectivity index (χ3n) is 13.6. The molecule has 1 saturated heterocycles. The van der Waals surface area contributed by atoms with Crippen LogP contribution in [-0.4, -0.2) is 37.4 Å². The summed E-state index contributed by atoms with van der Waals surface area (Å²) < 4.78 is 17.6. The van der Waals surface area contributed by atoms with E-state index in [2.05, 4.69) is 34.6 Å². The minimum absolute atomic E-state index is 0.00429. The van der Waals surface area contributed by atoms with Crippen molar-refractivity contribution < 1.29 is 23.8 Å². The Hall–Kier alpha value is -1.10. The van der Waals surface area contributed by atoms with Crippen LogP contribution >= 0.6 is 0 Å². The van der Waals surface area contributed by atoms with Gasteiger partial charge in [-0.3, -0.25) is 9.59 Å². The molecule has 0 aromatic carbocycles. The van der Waals surface area contributed by atoms with Gasteiger partial charge in [-0.15, -0.1) is 0 Å². The molecule has 0 bridgehead atoms. The van der Waals surface area contributed by atoms with Crippen LogP contribution in [-0.2, 0) is 23.8 Å². The summed E-state index contributed by atoms with van der Waals surface area (Å²) in [4.78, 5) is 23.9. The average molecular weight is 501 g/mol. The normalized spacial score (nSPS) is 54.1. The highest BCUT2D eigenvalue weighted by molar-refractivity contribution is 5.69. The number of ether oxygens (including phenoxy) is 3. The van der Waals surface area contributed by atoms with Gasteiger partial charge < -0.3 is 14.2 Å². The van der Waals surface area contributed by atoms with Gasteiger partial charge in [0.15, 0.2) is 0 Å². The van der Waals surface area contributed by atoms with Crippen LogP contribution < -0.4 is 0 Å². The Morgan fingerprint density at radius 2 is 1.64 bits per heavy atom. The molecule has 0 aromatic rings. The Kier molecular flexibility index (Phi) is 5.41. The van der Waals surface area contributed by atoms with E-state index in [4.69, 9.17) is 14.2 Å². The second-order valence-electron chi connectivity index (χ2n) is 15.0. The molecule has 6 rings (SSSR count). The van der Waals surface area contributed by atoms with Gasteiger partial charge in [0.2, 0.25) is 0 Å². The molecule has 11 unspecified atom stereocenters. The van der Waals surface area contributed by atoms with Crippen molar-refractivity contribution in [3.8, 4) is 0 Å². The van der Waals surface area contributed by atoms with Crippen molar-refractivity contribution in [1.29, 1.82) is 0 Å². The number of hydrogen-bond donors (Lipinski definition) is 0. The Balaban J connectivity index is 1.29. The van der Waals surface area contributed by atoms with Gasteiger partial charge in [-0.25, -0.2) is 0 Å². The maximum absolute atomic E-state index is 12.0. The Bertz CT molecular complexity index is 959. The third-order valence-corrected chi connectivity index (χ3v) is 13.6. The van der Waals surface area contributed by atoms with Gasteiger partial charge in [0.25, 0.3) is 0 Å². The fraction of sp³-hybridized carbons (Fsp3) is 0.935. The maximum atomic E-state index is 12.0. The van der Waals surface area contributed by atoms with Crippen LogP contribution in [0, 0.1) is 50.7 Å². The van der Waals surface area contributed by atoms with Crippen molar-refractivity contribution >= 4 is 11.9 Å². The predicted molar refractivity (Wildman–Crippen MR) is 137 cm³/mol. The Labute approximate surface area is 217 Å². The van der Waals surface area contributed by atoms with Gasteiger partial charge in [0, 0.05) is 12.3 Å². The second-order valence-corrected chi connectivity index (χ2v) is 15.0. The number of hydrogen-bond acceptors (Lipinski definition) is 5. The predicted octanol–water partition coefficient (Wildman–Crippen LogP) is 6.32. The van der Waals surface area contributed by atoms with Crippen LogP contribution in [0.1, 0.15) is 106 Å². The van der Waals surface area contributed by atoms with E-state index in [1.165, 1.54) is 45.6 Å². The van der Waals surface area contributed by atoms with Crippen LogP contribution in [0.25, 0.3) is 0 Å². The lowest BCUT2D eigenvalue weighted by molar-refractivity contribution is -0.183. The lowest BCUT2D eigenvalue weighted by atomic mass is 9.41. The summed E-state index contributed by atoms with van der Waals surface area (Å²) in [7, 11) is 1.48. The summed E-state index contributed by atoms with van der Waals surface area (Å²) in [6.45, 7) is 14.0. The quantitative estimate of drug-likeness (QED) is 0.424. The summed E-state index contributed by atoms with van der Waals surface area (Å²) in [6, 6.07) is 0. The molecule has 36 heavy (non-hydrogen) atoms. The molecular formula is C31H48O5. The van der Waals surface area contributed by atoms with Gasteiger partial charge in [-0.2, -0.15) is 0 Å². The highest BCUT2D eigenvalue weighted by atomic mass is 16.5. The van der Waals surface area contributed by atoms with Gasteiger partial charge in [-0.05, 0) is 103 Å². The van der Waals surface area contributed by atoms with Gasteiger partial charge in [0.1, 0.15) is 6.10 Å². The molecule has 2 spiro atoms. The average Bonchev–Trinajstić information content (AvgIpc) is 3.39. The van der Waals surface area contributed by atoms with Crippen molar-refractivity contribution in [3.05, 3.63) is 0 Å². The SMILES string of the molecule is COC(=O)CC1CC(C)C2C(CC3(C)C4CCC5C(C)(C)C(OC(C)=O)CCC56CC46CCC23C)O1. The van der Waals surface area contributed by atoms with Gasteiger partial charge in [-0.1, -0.05) is 34.6 Å². The lowest BCUT2D eigenvalue weighted by Crippen LogP contribution is -2.58. The van der Waals surface area contributed by atoms with E-state index in [1.54, 1.807) is 6.92 Å². The fourth-order valence-corrected chi connectivity index (χ4v) is 12.2. The molecular weight excluding hydrogens is 452 g/mol. The van der Waals surface area contributed by atoms with Crippen LogP contribution in [0.4, 0.5) is 0 Å². The molecule has 1 aliphatic heterocycles. The molecule has 0 aromatic heterocycles. The largest absolute Gasteiger partial charge is 0.469 e. The zero-order chi connectivity index (χ0) is 25.9. The molecule has 1 heterocycles. The summed E-state index contributed by atoms with van der Waals surface area (Å²) >= 11 is 0. The number of carbonyl (C=O) groups excluding carboxylic acids is 2. The van der Waals surface area contributed by atoms with E-state index in [0.717, 1.165) is 25.2 Å². The summed E-state index contributed by atoms with van der Waals surface area (Å²) in [5.41, 5.74) is 1.52. The van der Waals surface area contributed by atoms with Crippen molar-refractivity contribution in [1.82, 2.24) is 0 Å². The maximum Gasteiger partial charge on any atom is 0.308 e. The zero-order valence-electron chi connectivity index (χ0n) is 23.7. The van der Waals surface area contributed by atoms with Crippen molar-refractivity contribution in [2.24, 2.45) is 50.7 Å². The molecule has 6 fully saturated rings. The second kappa shape index (κ2) is 7.73. The molecule has 202 valence electrons. The first-order chi connectivity index (χ1) is 16.8. The monoisotopic (exact) mass is 500 g/mol. The summed E-state index contributed by atoms with van der Waals surface area (Å²) in [5, 5.41) is 0. The van der Waals surface area contributed by atoms with E-state index in [-0.39, 0.29) is 41.1 Å². The number of rotatable bonds is 3. The zero-order valence-corrected chi connectivity index (χ0v) is 23.7. The Morgan fingerprint density at radius 3 is 2.33 bits per heavy atom. The van der Waals surface area contributed by atoms with Gasteiger partial charge >= 0.3 is 11.9 Å². The topological polar surface area (TPSA) is 61.8 Å². The van der Waals surface area contributed by atoms with Crippen LogP contribution in [0.3, 0.4) is 0 Å². The lowest BCUT2D eigenvalue weighted by Gasteiger charge is -2.63. The fourth-order valence-electron chi connectivity index (χ4n) is 12.2. The first-order valence-corrected chi connectivity index (χ1v) is 14.7. The molecule has 0 radical (unpaired) electrons. The molecule has 5 heteroatoms. The highest BCUT2D eigenvalue weighted by Crippen LogP contribution is 2.89. The molecule has 5 nitrogen and oxygen atoms in total. The smallest absolute Gasteiger partial charge is 0.308 e. The van der Waals surface area contributed by atoms with E-state index < -0.39 is 0 Å². The number of fused-ring (bicyclic) bond motifs is 4. The van der Waals surface area contributed by atoms with Crippen molar-refractivity contribution in [3.63, 3.8) is 0 Å². The molecule has 0 N–H and O–H groups in total. The number of methoxy groups -OCH3 is 1. The highest BCUT2D eigenvalue weighted by Gasteiger charge is 2.83. The molecule has 11 atom stereocenters. The number of esters is 2. The van der Waals surface area contributed by atoms with Gasteiger partial charge in [0.05, 0.1) is 25.7 Å². The van der Waals surface area contributed by atoms with E-state index in [0.29, 0.717) is 40.4 Å². The minimum Gasteiger partial charge on any atom is -0.469 e. The molecule has 6 aliphatic rings. The number of carbonyl (C=O) groups is 2. The van der Waals surface area contributed by atoms with Crippen molar-refractivity contribution in [2.75, 3.05) is 7.11 Å². The Morgan fingerprint density at radius 1 is 0.944 bits per heavy atom.